The number of hydrogen-bond donors (Lipinski definition) is 1. The fourth-order valence-corrected chi connectivity index (χ4v) is 3.39. The Labute approximate surface area is 159 Å². The molecule has 0 amide bonds. The summed E-state index contributed by atoms with van der Waals surface area (Å²) in [7, 11) is 2.25. The van der Waals surface area contributed by atoms with Crippen molar-refractivity contribution in [3.8, 4) is 0 Å². The third-order valence-corrected chi connectivity index (χ3v) is 5.82. The van der Waals surface area contributed by atoms with Crippen LogP contribution in [0.5, 0.6) is 0 Å². The van der Waals surface area contributed by atoms with Gasteiger partial charge in [-0.05, 0) is 26.7 Å². The molecule has 3 atom stereocenters. The summed E-state index contributed by atoms with van der Waals surface area (Å²) in [4.78, 5) is 18.1. The predicted molar refractivity (Wildman–Crippen MR) is 106 cm³/mol. The van der Waals surface area contributed by atoms with E-state index in [9.17, 15) is 9.00 Å². The van der Waals surface area contributed by atoms with Crippen molar-refractivity contribution in [2.24, 2.45) is 16.8 Å². The lowest BCUT2D eigenvalue weighted by Crippen LogP contribution is -2.42. The SMILES string of the molecule is CN=C(NCCS(=O)C(C)(C)C)N1CC(C)C(C(=O)OC)C1.I. The average Bonchev–Trinajstić information content (AvgIpc) is 2.83. The maximum absolute atomic E-state index is 12.0. The Morgan fingerprint density at radius 3 is 2.48 bits per heavy atom. The van der Waals surface area contributed by atoms with Gasteiger partial charge in [-0.15, -0.1) is 24.0 Å². The van der Waals surface area contributed by atoms with Gasteiger partial charge in [0.25, 0.3) is 0 Å². The van der Waals surface area contributed by atoms with E-state index >= 15 is 0 Å². The summed E-state index contributed by atoms with van der Waals surface area (Å²) < 4.78 is 16.7. The van der Waals surface area contributed by atoms with Crippen LogP contribution in [0.1, 0.15) is 27.7 Å². The second-order valence-corrected chi connectivity index (χ2v) is 8.97. The third kappa shape index (κ3) is 6.56. The highest BCUT2D eigenvalue weighted by atomic mass is 127. The van der Waals surface area contributed by atoms with Crippen LogP contribution in [0, 0.1) is 11.8 Å². The van der Waals surface area contributed by atoms with Crippen LogP contribution in [-0.4, -0.2) is 65.3 Å². The van der Waals surface area contributed by atoms with Gasteiger partial charge in [-0.3, -0.25) is 14.0 Å². The van der Waals surface area contributed by atoms with Crippen LogP contribution in [-0.2, 0) is 20.3 Å². The molecule has 0 aromatic rings. The molecule has 0 spiro atoms. The van der Waals surface area contributed by atoms with E-state index in [-0.39, 0.29) is 46.5 Å². The zero-order valence-electron chi connectivity index (χ0n) is 14.9. The average molecular weight is 459 g/mol. The first-order valence-electron chi connectivity index (χ1n) is 7.62. The van der Waals surface area contributed by atoms with Crippen molar-refractivity contribution in [1.82, 2.24) is 10.2 Å². The monoisotopic (exact) mass is 459 g/mol. The lowest BCUT2D eigenvalue weighted by atomic mass is 9.99. The van der Waals surface area contributed by atoms with Gasteiger partial charge in [0.15, 0.2) is 5.96 Å². The first kappa shape index (κ1) is 22.6. The first-order chi connectivity index (χ1) is 10.2. The zero-order chi connectivity index (χ0) is 16.9. The van der Waals surface area contributed by atoms with Crippen molar-refractivity contribution in [1.29, 1.82) is 0 Å². The minimum Gasteiger partial charge on any atom is -0.469 e. The van der Waals surface area contributed by atoms with Gasteiger partial charge in [-0.25, -0.2) is 0 Å². The summed E-state index contributed by atoms with van der Waals surface area (Å²) in [5, 5.41) is 3.24. The molecular formula is C15H30IN3O3S. The molecule has 0 aliphatic carbocycles. The first-order valence-corrected chi connectivity index (χ1v) is 8.94. The van der Waals surface area contributed by atoms with Crippen molar-refractivity contribution in [2.45, 2.75) is 32.4 Å². The molecule has 1 saturated heterocycles. The Kier molecular flexibility index (Phi) is 9.64. The van der Waals surface area contributed by atoms with Crippen LogP contribution in [0.2, 0.25) is 0 Å². The van der Waals surface area contributed by atoms with Crippen molar-refractivity contribution >= 4 is 46.7 Å². The summed E-state index contributed by atoms with van der Waals surface area (Å²) in [6.45, 7) is 9.94. The summed E-state index contributed by atoms with van der Waals surface area (Å²) in [5.74, 6) is 1.28. The number of guanidine groups is 1. The fraction of sp³-hybridized carbons (Fsp3) is 0.867. The van der Waals surface area contributed by atoms with E-state index in [0.29, 0.717) is 18.8 Å². The molecule has 23 heavy (non-hydrogen) atoms. The Morgan fingerprint density at radius 2 is 2.00 bits per heavy atom. The third-order valence-electron chi connectivity index (χ3n) is 3.88. The summed E-state index contributed by atoms with van der Waals surface area (Å²) in [6, 6.07) is 0. The zero-order valence-corrected chi connectivity index (χ0v) is 18.1. The number of hydrogen-bond acceptors (Lipinski definition) is 4. The number of aliphatic imine (C=N–C) groups is 1. The van der Waals surface area contributed by atoms with Crippen LogP contribution >= 0.6 is 24.0 Å². The Balaban J connectivity index is 0.00000484. The van der Waals surface area contributed by atoms with Crippen LogP contribution in [0.4, 0.5) is 0 Å². The number of methoxy groups -OCH3 is 1. The van der Waals surface area contributed by atoms with Crippen molar-refractivity contribution in [2.75, 3.05) is 39.5 Å². The lowest BCUT2D eigenvalue weighted by molar-refractivity contribution is -0.145. The highest BCUT2D eigenvalue weighted by Crippen LogP contribution is 2.24. The second-order valence-electron chi connectivity index (χ2n) is 6.65. The van der Waals surface area contributed by atoms with Gasteiger partial charge in [0, 0.05) is 48.0 Å². The Hall–Kier alpha value is -0.380. The van der Waals surface area contributed by atoms with E-state index in [1.165, 1.54) is 7.11 Å². The molecule has 136 valence electrons. The molecule has 0 aromatic carbocycles. The molecule has 0 radical (unpaired) electrons. The fourth-order valence-electron chi connectivity index (χ4n) is 2.49. The van der Waals surface area contributed by atoms with Crippen molar-refractivity contribution in [3.05, 3.63) is 0 Å². The maximum atomic E-state index is 12.0. The number of carbonyl (C=O) groups is 1. The maximum Gasteiger partial charge on any atom is 0.310 e. The van der Waals surface area contributed by atoms with E-state index in [1.807, 2.05) is 27.7 Å². The molecule has 1 fully saturated rings. The summed E-state index contributed by atoms with van der Waals surface area (Å²) in [6.07, 6.45) is 0. The number of halogens is 1. The summed E-state index contributed by atoms with van der Waals surface area (Å²) in [5.41, 5.74) is 0. The quantitative estimate of drug-likeness (QED) is 0.299. The number of nitrogens with zero attached hydrogens (tertiary/aromatic N) is 2. The molecule has 6 nitrogen and oxygen atoms in total. The number of rotatable bonds is 4. The van der Waals surface area contributed by atoms with Gasteiger partial charge in [-0.2, -0.15) is 0 Å². The smallest absolute Gasteiger partial charge is 0.310 e. The number of nitrogens with one attached hydrogen (secondary N) is 1. The molecule has 1 N–H and O–H groups in total. The molecule has 8 heteroatoms. The topological polar surface area (TPSA) is 71.0 Å². The minimum atomic E-state index is -0.890. The molecule has 1 aliphatic heterocycles. The van der Waals surface area contributed by atoms with E-state index in [4.69, 9.17) is 4.74 Å². The predicted octanol–water partition coefficient (Wildman–Crippen LogP) is 1.47. The molecule has 0 bridgehead atoms. The number of esters is 1. The highest BCUT2D eigenvalue weighted by Gasteiger charge is 2.36. The van der Waals surface area contributed by atoms with Crippen molar-refractivity contribution in [3.63, 3.8) is 0 Å². The normalized spacial score (nSPS) is 23.2. The van der Waals surface area contributed by atoms with E-state index in [1.54, 1.807) is 7.05 Å². The van der Waals surface area contributed by atoms with E-state index in [0.717, 1.165) is 12.5 Å². The molecular weight excluding hydrogens is 429 g/mol. The molecule has 0 saturated carbocycles. The number of likely N-dealkylation sites (tertiary alicyclic amines) is 1. The van der Waals surface area contributed by atoms with Crippen LogP contribution in [0.25, 0.3) is 0 Å². The van der Waals surface area contributed by atoms with Gasteiger partial charge in [0.2, 0.25) is 0 Å². The van der Waals surface area contributed by atoms with E-state index in [2.05, 4.69) is 15.2 Å². The molecule has 0 aromatic heterocycles. The molecule has 1 aliphatic rings. The van der Waals surface area contributed by atoms with Gasteiger partial charge >= 0.3 is 5.97 Å². The lowest BCUT2D eigenvalue weighted by Gasteiger charge is -2.23. The Morgan fingerprint density at radius 1 is 1.39 bits per heavy atom. The van der Waals surface area contributed by atoms with Gasteiger partial charge in [0.05, 0.1) is 13.0 Å². The van der Waals surface area contributed by atoms with Crippen LogP contribution < -0.4 is 5.32 Å². The van der Waals surface area contributed by atoms with Gasteiger partial charge < -0.3 is 15.0 Å². The summed E-state index contributed by atoms with van der Waals surface area (Å²) >= 11 is 0. The molecule has 3 unspecified atom stereocenters. The largest absolute Gasteiger partial charge is 0.469 e. The van der Waals surface area contributed by atoms with E-state index < -0.39 is 10.8 Å². The van der Waals surface area contributed by atoms with Crippen LogP contribution in [0.15, 0.2) is 4.99 Å². The van der Waals surface area contributed by atoms with Crippen LogP contribution in [0.3, 0.4) is 0 Å². The standard InChI is InChI=1S/C15H29N3O3S.HI/c1-11-9-18(10-12(11)13(19)21-6)14(16-5)17-7-8-22(20)15(2,3)4;/h11-12H,7-10H2,1-6H3,(H,16,17);1H. The van der Waals surface area contributed by atoms with Crippen molar-refractivity contribution < 1.29 is 13.7 Å². The second kappa shape index (κ2) is 9.80. The van der Waals surface area contributed by atoms with Gasteiger partial charge in [0.1, 0.15) is 0 Å². The minimum absolute atomic E-state index is 0. The Bertz CT molecular complexity index is 452. The highest BCUT2D eigenvalue weighted by molar-refractivity contribution is 14.0. The molecule has 1 rings (SSSR count). The molecule has 1 heterocycles. The number of ether oxygens (including phenoxy) is 1. The van der Waals surface area contributed by atoms with Gasteiger partial charge in [-0.1, -0.05) is 6.92 Å². The number of carbonyl (C=O) groups excluding carboxylic acids is 1.